The number of aryl methyl sites for hydroxylation is 10. The van der Waals surface area contributed by atoms with Gasteiger partial charge in [0.2, 0.25) is 11.8 Å². The van der Waals surface area contributed by atoms with E-state index in [2.05, 4.69) is 79.7 Å². The lowest BCUT2D eigenvalue weighted by molar-refractivity contribution is 0.0683. The van der Waals surface area contributed by atoms with Gasteiger partial charge in [0.15, 0.2) is 29.2 Å². The van der Waals surface area contributed by atoms with Crippen LogP contribution in [-0.2, 0) is 70.0 Å². The fourth-order valence-corrected chi connectivity index (χ4v) is 15.2. The van der Waals surface area contributed by atoms with E-state index in [4.69, 9.17) is 42.1 Å². The maximum absolute atomic E-state index is 14.2. The van der Waals surface area contributed by atoms with Crippen molar-refractivity contribution in [2.24, 2.45) is 21.1 Å². The Morgan fingerprint density at radius 2 is 0.678 bits per heavy atom. The van der Waals surface area contributed by atoms with E-state index in [-0.39, 0.29) is 88.7 Å². The van der Waals surface area contributed by atoms with Crippen molar-refractivity contribution >= 4 is 23.2 Å². The molecule has 0 radical (unpaired) electrons. The Morgan fingerprint density at radius 3 is 1.06 bits per heavy atom. The molecule has 740 valence electrons. The first kappa shape index (κ1) is 105. The molecule has 0 saturated heterocycles. The zero-order chi connectivity index (χ0) is 104. The fraction of sp³-hybridized carbons (Fsp3) is 0.288. The highest BCUT2D eigenvalue weighted by atomic mass is 35.5. The van der Waals surface area contributed by atoms with Crippen molar-refractivity contribution in [3.05, 3.63) is 347 Å². The van der Waals surface area contributed by atoms with Crippen LogP contribution < -0.4 is 41.3 Å². The summed E-state index contributed by atoms with van der Waals surface area (Å²) in [5, 5.41) is 41.6. The number of halogens is 6. The molecule has 39 heteroatoms. The van der Waals surface area contributed by atoms with Crippen LogP contribution in [0.1, 0.15) is 163 Å². The Balaban J connectivity index is 0.000000160. The van der Waals surface area contributed by atoms with E-state index in [0.717, 1.165) is 54.1 Å². The Bertz CT molecular complexity index is 7820. The van der Waals surface area contributed by atoms with Crippen LogP contribution in [0.2, 0.25) is 10.0 Å². The highest BCUT2D eigenvalue weighted by Gasteiger charge is 2.30. The molecule has 33 nitrogen and oxygen atoms in total. The summed E-state index contributed by atoms with van der Waals surface area (Å²) in [6.45, 7) is 32.0. The first-order valence-corrected chi connectivity index (χ1v) is 45.5. The molecular weight excluding hydrogens is 1880 g/mol. The lowest BCUT2D eigenvalue weighted by atomic mass is 9.96. The Hall–Kier alpha value is -15.3. The number of pyridine rings is 9. The lowest BCUT2D eigenvalue weighted by Crippen LogP contribution is -2.38. The molecule has 0 saturated carbocycles. The average Bonchev–Trinajstić information content (AvgIpc) is 1.76. The summed E-state index contributed by atoms with van der Waals surface area (Å²) in [4.78, 5) is 121. The number of hydrogen-bond acceptors (Lipinski definition) is 28. The third kappa shape index (κ3) is 24.3. The van der Waals surface area contributed by atoms with Gasteiger partial charge in [-0.15, -0.1) is 0 Å². The zero-order valence-electron chi connectivity index (χ0n) is 82.6. The van der Waals surface area contributed by atoms with Gasteiger partial charge >= 0.3 is 5.69 Å². The fourth-order valence-electron chi connectivity index (χ4n) is 14.6. The molecule has 0 spiro atoms. The molecule has 1 aromatic carbocycles. The standard InChI is InChI=1S/C27H25Cl2FN4O2.C27H28FN5O3.C25H25FN6O4.C25H27FN6O3/c1-14-8-18(30)21(32-11-14)13-36-22-9-15(2)23(25(29)24(22)28)17-10-20(33-12-16(17)3)19-6-7-31-26(34-19)27(4,5)35;1-15-9-19(28)22(30-12-15)14-36-23-10-16(2)24(25(34)33(23)6)18-11-21(31-13-17(18)3)20-7-8-29-26(32-20)27(4,5)35;1-14-8-16(26)19(28-11-14)13-36-22-10-21(33)32(24(34)31(22)5)20-9-18(29-12-15(20)2)17-6-7-27-23(30-17)25(3,4)35;1-14-9-17(26)20(28-11-14)13-35-23-16(3)22(33)32(31(23)6)21-10-19(29-12-15(21)2)18-7-8-27-24(30-18)25(4,5)34/h6-12,35H,13H2,1-5H3;7-13,35H,14H2,1-6H3;6-12,35H,13H2,1-5H3;7-12,34H,13H2,1-6H3. The van der Waals surface area contributed by atoms with Crippen LogP contribution in [0.4, 0.5) is 17.6 Å². The Kier molecular flexibility index (Phi) is 31.6. The first-order valence-electron chi connectivity index (χ1n) is 44.7. The van der Waals surface area contributed by atoms with Gasteiger partial charge in [-0.1, -0.05) is 23.2 Å². The molecule has 143 heavy (non-hydrogen) atoms. The predicted molar refractivity (Wildman–Crippen MR) is 530 cm³/mol. The lowest BCUT2D eigenvalue weighted by Gasteiger charge is -2.18. The maximum Gasteiger partial charge on any atom is 0.338 e. The molecule has 0 fully saturated rings. The number of aromatic nitrogens is 21. The summed E-state index contributed by atoms with van der Waals surface area (Å²) in [5.41, 5.74) is 9.33. The summed E-state index contributed by atoms with van der Waals surface area (Å²) in [6.07, 6.45) is 19.0. The van der Waals surface area contributed by atoms with Gasteiger partial charge in [-0.05, 0) is 277 Å². The van der Waals surface area contributed by atoms with E-state index in [1.165, 1.54) is 59.2 Å². The normalized spacial score (nSPS) is 11.6. The highest BCUT2D eigenvalue weighted by Crippen LogP contribution is 2.45. The number of aliphatic hydroxyl groups is 4. The van der Waals surface area contributed by atoms with Gasteiger partial charge in [0.25, 0.3) is 16.7 Å². The van der Waals surface area contributed by atoms with Crippen LogP contribution in [-0.4, -0.2) is 123 Å². The molecule has 16 rings (SSSR count). The van der Waals surface area contributed by atoms with Crippen molar-refractivity contribution in [3.63, 3.8) is 0 Å². The molecule has 15 aromatic heterocycles. The number of nitrogens with zero attached hydrogens (tertiary/aromatic N) is 21. The van der Waals surface area contributed by atoms with E-state index in [1.807, 2.05) is 46.8 Å². The van der Waals surface area contributed by atoms with Crippen molar-refractivity contribution in [1.29, 1.82) is 0 Å². The number of rotatable bonds is 24. The topological polar surface area (TPSA) is 417 Å². The van der Waals surface area contributed by atoms with Crippen LogP contribution in [0.25, 0.3) is 79.2 Å². The van der Waals surface area contributed by atoms with Gasteiger partial charge in [0.05, 0.1) is 79.1 Å². The van der Waals surface area contributed by atoms with Crippen LogP contribution in [0.5, 0.6) is 23.4 Å². The van der Waals surface area contributed by atoms with Crippen LogP contribution in [0, 0.1) is 99.4 Å². The quantitative estimate of drug-likeness (QED) is 0.0408. The molecule has 0 amide bonds. The minimum Gasteiger partial charge on any atom is -0.486 e. The van der Waals surface area contributed by atoms with Gasteiger partial charge < -0.3 is 39.4 Å². The predicted octanol–water partition coefficient (Wildman–Crippen LogP) is 16.6. The van der Waals surface area contributed by atoms with Crippen LogP contribution in [0.15, 0.2) is 185 Å². The summed E-state index contributed by atoms with van der Waals surface area (Å²) >= 11 is 13.3. The third-order valence-corrected chi connectivity index (χ3v) is 23.4. The molecule has 0 unspecified atom stereocenters. The van der Waals surface area contributed by atoms with E-state index in [0.29, 0.717) is 130 Å². The van der Waals surface area contributed by atoms with Crippen molar-refractivity contribution < 1.29 is 56.9 Å². The van der Waals surface area contributed by atoms with Crippen LogP contribution >= 0.6 is 23.2 Å². The minimum atomic E-state index is -1.26. The molecule has 0 atom stereocenters. The average molecular weight is 1990 g/mol. The van der Waals surface area contributed by atoms with E-state index < -0.39 is 56.9 Å². The van der Waals surface area contributed by atoms with E-state index in [1.54, 1.807) is 220 Å². The number of ether oxygens (including phenoxy) is 4. The molecular formula is C104H105Cl2F4N21O12. The first-order chi connectivity index (χ1) is 67.3. The highest BCUT2D eigenvalue weighted by molar-refractivity contribution is 6.45. The molecule has 0 bridgehead atoms. The minimum absolute atomic E-state index is 0.0272. The summed E-state index contributed by atoms with van der Waals surface area (Å²) < 4.78 is 86.2. The second-order valence-corrected chi connectivity index (χ2v) is 37.1. The van der Waals surface area contributed by atoms with Gasteiger partial charge in [-0.3, -0.25) is 63.4 Å². The summed E-state index contributed by atoms with van der Waals surface area (Å²) in [5.74, 6) is 0.0661. The van der Waals surface area contributed by atoms with Gasteiger partial charge in [0.1, 0.15) is 106 Å². The molecule has 0 aliphatic heterocycles. The second kappa shape index (κ2) is 43.0. The van der Waals surface area contributed by atoms with E-state index >= 15 is 0 Å². The van der Waals surface area contributed by atoms with Gasteiger partial charge in [-0.2, -0.15) is 0 Å². The van der Waals surface area contributed by atoms with Gasteiger partial charge in [0, 0.05) is 107 Å². The van der Waals surface area contributed by atoms with Crippen molar-refractivity contribution in [2.75, 3.05) is 0 Å². The SMILES string of the molecule is Cc1cnc(COc2c(C)c(=O)n(-c3cc(-c4ccnc(C(C)(C)O)n4)ncc3C)n2C)c(F)c1.Cc1cnc(COc2cc(=O)n(-c3cc(-c4ccnc(C(C)(C)O)n4)ncc3C)c(=O)n2C)c(F)c1.Cc1cnc(COc2cc(C)c(-c3cc(-c4ccnc(C(C)(C)O)n4)ncc3C)c(=O)n2C)c(F)c1.Cc1cnc(COc2cc(C)c(-c3cc(-c4ccnc(C(C)(C)O)n4)ncc3C)c(Cl)c2Cl)c(F)c1. The molecule has 16 aromatic rings. The largest absolute Gasteiger partial charge is 0.486 e. The Morgan fingerprint density at radius 1 is 0.343 bits per heavy atom. The summed E-state index contributed by atoms with van der Waals surface area (Å²) in [7, 11) is 4.75. The molecule has 15 heterocycles. The molecule has 0 aliphatic carbocycles. The van der Waals surface area contributed by atoms with Crippen molar-refractivity contribution in [1.82, 2.24) is 103 Å². The zero-order valence-corrected chi connectivity index (χ0v) is 84.1. The van der Waals surface area contributed by atoms with Crippen molar-refractivity contribution in [2.45, 2.75) is 180 Å². The monoisotopic (exact) mass is 1990 g/mol. The smallest absolute Gasteiger partial charge is 0.338 e. The molecule has 4 N–H and O–H groups in total. The maximum atomic E-state index is 14.2. The summed E-state index contributed by atoms with van der Waals surface area (Å²) in [6, 6.07) is 23.9. The number of benzene rings is 1. The Labute approximate surface area is 829 Å². The molecule has 0 aliphatic rings. The van der Waals surface area contributed by atoms with E-state index in [9.17, 15) is 57.2 Å². The number of hydrogen-bond donors (Lipinski definition) is 4. The van der Waals surface area contributed by atoms with Crippen molar-refractivity contribution in [3.8, 4) is 103 Å². The van der Waals surface area contributed by atoms with Gasteiger partial charge in [-0.25, -0.2) is 76.2 Å². The van der Waals surface area contributed by atoms with Crippen LogP contribution in [0.3, 0.4) is 0 Å². The second-order valence-electron chi connectivity index (χ2n) is 36.4. The third-order valence-electron chi connectivity index (χ3n) is 22.5.